The maximum atomic E-state index is 11.6. The zero-order valence-electron chi connectivity index (χ0n) is 9.30. The van der Waals surface area contributed by atoms with Gasteiger partial charge in [0.25, 0.3) is 0 Å². The van der Waals surface area contributed by atoms with Gasteiger partial charge in [0.15, 0.2) is 5.71 Å². The Kier molecular flexibility index (Phi) is 3.09. The van der Waals surface area contributed by atoms with Gasteiger partial charge in [-0.25, -0.2) is 4.79 Å². The van der Waals surface area contributed by atoms with Crippen molar-refractivity contribution in [1.29, 1.82) is 0 Å². The minimum atomic E-state index is -0.639. The summed E-state index contributed by atoms with van der Waals surface area (Å²) in [6, 6.07) is 7.44. The number of aromatic nitrogens is 1. The molecule has 0 unspecified atom stereocenters. The van der Waals surface area contributed by atoms with E-state index in [1.165, 1.54) is 0 Å². The van der Waals surface area contributed by atoms with E-state index in [-0.39, 0.29) is 12.3 Å². The summed E-state index contributed by atoms with van der Waals surface area (Å²) >= 11 is 0. The van der Waals surface area contributed by atoms with Gasteiger partial charge in [-0.05, 0) is 13.0 Å². The van der Waals surface area contributed by atoms with Crippen LogP contribution in [0.3, 0.4) is 0 Å². The number of H-pyrrole nitrogens is 1. The van der Waals surface area contributed by atoms with Gasteiger partial charge in [0.05, 0.1) is 6.61 Å². The van der Waals surface area contributed by atoms with E-state index in [4.69, 9.17) is 9.94 Å². The third-order valence-electron chi connectivity index (χ3n) is 2.41. The Balaban J connectivity index is 2.48. The molecule has 2 aromatic rings. The Morgan fingerprint density at radius 1 is 1.47 bits per heavy atom. The lowest BCUT2D eigenvalue weighted by Crippen LogP contribution is -2.18. The van der Waals surface area contributed by atoms with Crippen LogP contribution < -0.4 is 0 Å². The quantitative estimate of drug-likeness (QED) is 0.367. The molecule has 0 radical (unpaired) electrons. The molecule has 1 aromatic heterocycles. The van der Waals surface area contributed by atoms with Gasteiger partial charge in [-0.1, -0.05) is 23.4 Å². The Bertz CT molecular complexity index is 572. The highest BCUT2D eigenvalue weighted by Crippen LogP contribution is 2.18. The van der Waals surface area contributed by atoms with E-state index in [1.54, 1.807) is 13.1 Å². The first-order valence-electron chi connectivity index (χ1n) is 5.23. The van der Waals surface area contributed by atoms with Crippen LogP contribution in [0, 0.1) is 0 Å². The Labute approximate surface area is 97.7 Å². The van der Waals surface area contributed by atoms with Gasteiger partial charge in [-0.15, -0.1) is 0 Å². The minimum absolute atomic E-state index is 0.0932. The molecule has 5 nitrogen and oxygen atoms in total. The Hall–Kier alpha value is -2.30. The smallest absolute Gasteiger partial charge is 0.361 e. The first-order chi connectivity index (χ1) is 8.27. The standard InChI is InChI=1S/C12H12N2O3/c1-2-17-12(15)11(14-16)9-7-13-10-6-4-3-5-8(9)10/h3-7,13,16H,2H2,1H3. The first kappa shape index (κ1) is 11.2. The fourth-order valence-corrected chi connectivity index (χ4v) is 1.67. The fraction of sp³-hybridized carbons (Fsp3) is 0.167. The molecule has 88 valence electrons. The van der Waals surface area contributed by atoms with E-state index in [0.717, 1.165) is 10.9 Å². The highest BCUT2D eigenvalue weighted by molar-refractivity contribution is 6.45. The van der Waals surface area contributed by atoms with Gasteiger partial charge in [0, 0.05) is 22.7 Å². The molecule has 0 saturated carbocycles. The lowest BCUT2D eigenvalue weighted by atomic mass is 10.1. The van der Waals surface area contributed by atoms with Crippen LogP contribution in [0.25, 0.3) is 10.9 Å². The summed E-state index contributed by atoms with van der Waals surface area (Å²) in [6.45, 7) is 1.93. The number of nitrogens with one attached hydrogen (secondary N) is 1. The number of benzene rings is 1. The van der Waals surface area contributed by atoms with Gasteiger partial charge >= 0.3 is 5.97 Å². The summed E-state index contributed by atoms with van der Waals surface area (Å²) in [7, 11) is 0. The molecule has 0 saturated heterocycles. The third-order valence-corrected chi connectivity index (χ3v) is 2.41. The van der Waals surface area contributed by atoms with Crippen LogP contribution in [0.4, 0.5) is 0 Å². The van der Waals surface area contributed by atoms with E-state index in [0.29, 0.717) is 5.56 Å². The zero-order chi connectivity index (χ0) is 12.3. The van der Waals surface area contributed by atoms with Gasteiger partial charge in [-0.2, -0.15) is 0 Å². The molecular weight excluding hydrogens is 220 g/mol. The number of carbonyl (C=O) groups excluding carboxylic acids is 1. The van der Waals surface area contributed by atoms with Crippen LogP contribution in [-0.2, 0) is 9.53 Å². The van der Waals surface area contributed by atoms with Crippen LogP contribution in [0.1, 0.15) is 12.5 Å². The lowest BCUT2D eigenvalue weighted by Gasteiger charge is -2.02. The average Bonchev–Trinajstić information content (AvgIpc) is 2.75. The highest BCUT2D eigenvalue weighted by Gasteiger charge is 2.19. The molecule has 1 heterocycles. The molecule has 2 N–H and O–H groups in total. The molecule has 2 rings (SSSR count). The molecule has 0 amide bonds. The number of nitrogens with zero attached hydrogens (tertiary/aromatic N) is 1. The number of carbonyl (C=O) groups is 1. The number of aromatic amines is 1. The number of ether oxygens (including phenoxy) is 1. The second-order valence-electron chi connectivity index (χ2n) is 3.42. The predicted molar refractivity (Wildman–Crippen MR) is 63.3 cm³/mol. The van der Waals surface area contributed by atoms with Crippen LogP contribution in [0.5, 0.6) is 0 Å². The normalized spacial score (nSPS) is 11.7. The van der Waals surface area contributed by atoms with Crippen molar-refractivity contribution in [3.05, 3.63) is 36.0 Å². The van der Waals surface area contributed by atoms with Crippen molar-refractivity contribution in [3.8, 4) is 0 Å². The molecule has 0 aliphatic heterocycles. The van der Waals surface area contributed by atoms with E-state index < -0.39 is 5.97 Å². The largest absolute Gasteiger partial charge is 0.461 e. The molecule has 0 bridgehead atoms. The van der Waals surface area contributed by atoms with Crippen molar-refractivity contribution in [2.24, 2.45) is 5.16 Å². The molecule has 0 spiro atoms. The third kappa shape index (κ3) is 1.99. The Morgan fingerprint density at radius 2 is 2.24 bits per heavy atom. The lowest BCUT2D eigenvalue weighted by molar-refractivity contribution is -0.135. The van der Waals surface area contributed by atoms with Crippen molar-refractivity contribution in [3.63, 3.8) is 0 Å². The Morgan fingerprint density at radius 3 is 2.94 bits per heavy atom. The summed E-state index contributed by atoms with van der Waals surface area (Å²) in [5, 5.41) is 12.8. The number of hydrogen-bond donors (Lipinski definition) is 2. The van der Waals surface area contributed by atoms with E-state index >= 15 is 0 Å². The SMILES string of the molecule is CCOC(=O)C(=NO)c1c[nH]c2ccccc12. The summed E-state index contributed by atoms with van der Waals surface area (Å²) in [4.78, 5) is 14.6. The predicted octanol–water partition coefficient (Wildman–Crippen LogP) is 1.91. The zero-order valence-corrected chi connectivity index (χ0v) is 9.30. The fourth-order valence-electron chi connectivity index (χ4n) is 1.67. The number of esters is 1. The minimum Gasteiger partial charge on any atom is -0.461 e. The van der Waals surface area contributed by atoms with Crippen molar-refractivity contribution in [2.45, 2.75) is 6.92 Å². The van der Waals surface area contributed by atoms with Crippen LogP contribution >= 0.6 is 0 Å². The molecule has 0 aliphatic rings. The summed E-state index contributed by atoms with van der Waals surface area (Å²) in [5.41, 5.74) is 1.30. The molecule has 17 heavy (non-hydrogen) atoms. The first-order valence-corrected chi connectivity index (χ1v) is 5.23. The summed E-state index contributed by atoms with van der Waals surface area (Å²) in [6.07, 6.45) is 1.62. The van der Waals surface area contributed by atoms with E-state index in [1.807, 2.05) is 24.3 Å². The highest BCUT2D eigenvalue weighted by atomic mass is 16.5. The van der Waals surface area contributed by atoms with Crippen molar-refractivity contribution in [2.75, 3.05) is 6.61 Å². The second-order valence-corrected chi connectivity index (χ2v) is 3.42. The maximum Gasteiger partial charge on any atom is 0.361 e. The second kappa shape index (κ2) is 4.69. The van der Waals surface area contributed by atoms with Crippen LogP contribution in [0.2, 0.25) is 0 Å². The number of fused-ring (bicyclic) bond motifs is 1. The van der Waals surface area contributed by atoms with Crippen molar-refractivity contribution in [1.82, 2.24) is 4.98 Å². The molecule has 1 aromatic carbocycles. The topological polar surface area (TPSA) is 74.7 Å². The van der Waals surface area contributed by atoms with Gasteiger partial charge in [0.1, 0.15) is 0 Å². The number of para-hydroxylation sites is 1. The van der Waals surface area contributed by atoms with Gasteiger partial charge in [-0.3, -0.25) is 0 Å². The van der Waals surface area contributed by atoms with Crippen molar-refractivity contribution >= 4 is 22.6 Å². The molecule has 0 fully saturated rings. The van der Waals surface area contributed by atoms with Gasteiger partial charge < -0.3 is 14.9 Å². The van der Waals surface area contributed by atoms with Gasteiger partial charge in [0.2, 0.25) is 0 Å². The summed E-state index contributed by atoms with van der Waals surface area (Å²) < 4.78 is 4.82. The van der Waals surface area contributed by atoms with E-state index in [2.05, 4.69) is 10.1 Å². The summed E-state index contributed by atoms with van der Waals surface area (Å²) in [5.74, 6) is -0.639. The monoisotopic (exact) mass is 232 g/mol. The number of rotatable bonds is 3. The van der Waals surface area contributed by atoms with Crippen molar-refractivity contribution < 1.29 is 14.7 Å². The molecule has 5 heteroatoms. The molecule has 0 aliphatic carbocycles. The number of hydrogen-bond acceptors (Lipinski definition) is 4. The maximum absolute atomic E-state index is 11.6. The average molecular weight is 232 g/mol. The molecular formula is C12H12N2O3. The van der Waals surface area contributed by atoms with Crippen LogP contribution in [-0.4, -0.2) is 28.5 Å². The van der Waals surface area contributed by atoms with Crippen LogP contribution in [0.15, 0.2) is 35.6 Å². The molecule has 0 atom stereocenters. The van der Waals surface area contributed by atoms with E-state index in [9.17, 15) is 4.79 Å². The number of oxime groups is 1.